The third kappa shape index (κ3) is 5.26. The molecule has 1 aromatic carbocycles. The summed E-state index contributed by atoms with van der Waals surface area (Å²) in [5, 5.41) is 3.86. The van der Waals surface area contributed by atoms with Crippen molar-refractivity contribution in [1.82, 2.24) is 4.90 Å². The standard InChI is InChI=1S/C23H30ClN3O3S/c1-14(2)30-20(28)18-15(3)25-22-27(11-6-12-31-22)19(18)16-7-9-17(10-8-16)26-21(29)23(4,5)13-24/h7-10,14,19H,6,11-13H2,1-5H3,(H,26,29). The summed E-state index contributed by atoms with van der Waals surface area (Å²) in [4.78, 5) is 32.3. The zero-order valence-electron chi connectivity index (χ0n) is 18.7. The van der Waals surface area contributed by atoms with Gasteiger partial charge in [0, 0.05) is 23.9 Å². The number of anilines is 1. The number of alkyl halides is 1. The number of hydrogen-bond acceptors (Lipinski definition) is 6. The highest BCUT2D eigenvalue weighted by atomic mass is 35.5. The van der Waals surface area contributed by atoms with Crippen LogP contribution >= 0.6 is 23.4 Å². The zero-order chi connectivity index (χ0) is 22.8. The molecule has 2 heterocycles. The molecule has 1 aromatic rings. The number of halogens is 1. The van der Waals surface area contributed by atoms with Crippen molar-refractivity contribution in [3.63, 3.8) is 0 Å². The first-order valence-corrected chi connectivity index (χ1v) is 12.0. The van der Waals surface area contributed by atoms with Crippen molar-refractivity contribution in [2.75, 3.05) is 23.5 Å². The quantitative estimate of drug-likeness (QED) is 0.476. The van der Waals surface area contributed by atoms with Crippen molar-refractivity contribution in [3.05, 3.63) is 41.1 Å². The summed E-state index contributed by atoms with van der Waals surface area (Å²) in [6.45, 7) is 9.99. The fourth-order valence-corrected chi connectivity index (χ4v) is 4.60. The molecular formula is C23H30ClN3O3S. The minimum Gasteiger partial charge on any atom is -0.459 e. The van der Waals surface area contributed by atoms with E-state index in [1.54, 1.807) is 25.6 Å². The molecule has 1 atom stereocenters. The Balaban J connectivity index is 1.93. The van der Waals surface area contributed by atoms with E-state index in [0.29, 0.717) is 17.0 Å². The number of thioether (sulfide) groups is 1. The van der Waals surface area contributed by atoms with Gasteiger partial charge in [0.15, 0.2) is 5.17 Å². The number of carbonyl (C=O) groups excluding carboxylic acids is 2. The fraction of sp³-hybridized carbons (Fsp3) is 0.522. The summed E-state index contributed by atoms with van der Waals surface area (Å²) in [6, 6.07) is 7.36. The highest BCUT2D eigenvalue weighted by Crippen LogP contribution is 2.40. The number of fused-ring (bicyclic) bond motifs is 1. The molecule has 0 aliphatic carbocycles. The number of ether oxygens (including phenoxy) is 1. The maximum Gasteiger partial charge on any atom is 0.338 e. The van der Waals surface area contributed by atoms with Crippen LogP contribution in [0.25, 0.3) is 0 Å². The predicted molar refractivity (Wildman–Crippen MR) is 127 cm³/mol. The first-order chi connectivity index (χ1) is 14.6. The topological polar surface area (TPSA) is 71.0 Å². The summed E-state index contributed by atoms with van der Waals surface area (Å²) in [6.07, 6.45) is 0.811. The van der Waals surface area contributed by atoms with Gasteiger partial charge >= 0.3 is 5.97 Å². The molecular weight excluding hydrogens is 434 g/mol. The summed E-state index contributed by atoms with van der Waals surface area (Å²) in [7, 11) is 0. The van der Waals surface area contributed by atoms with Crippen LogP contribution in [0.3, 0.4) is 0 Å². The molecule has 1 N–H and O–H groups in total. The Morgan fingerprint density at radius 3 is 2.61 bits per heavy atom. The molecule has 0 bridgehead atoms. The van der Waals surface area contributed by atoms with Gasteiger partial charge in [-0.05, 0) is 58.7 Å². The van der Waals surface area contributed by atoms with E-state index in [-0.39, 0.29) is 29.9 Å². The SMILES string of the molecule is CC1=C(C(=O)OC(C)C)C(c2ccc(NC(=O)C(C)(C)CCl)cc2)N2CCCSC2=N1. The first kappa shape index (κ1) is 23.7. The molecule has 0 spiro atoms. The van der Waals surface area contributed by atoms with Gasteiger partial charge in [-0.3, -0.25) is 4.79 Å². The van der Waals surface area contributed by atoms with Gasteiger partial charge in [-0.1, -0.05) is 23.9 Å². The molecule has 2 aliphatic rings. The number of amides is 1. The molecule has 6 nitrogen and oxygen atoms in total. The van der Waals surface area contributed by atoms with Crippen molar-refractivity contribution < 1.29 is 14.3 Å². The maximum absolute atomic E-state index is 13.0. The van der Waals surface area contributed by atoms with Crippen LogP contribution in [0.15, 0.2) is 40.5 Å². The summed E-state index contributed by atoms with van der Waals surface area (Å²) >= 11 is 7.63. The zero-order valence-corrected chi connectivity index (χ0v) is 20.3. The van der Waals surface area contributed by atoms with Crippen LogP contribution in [0.2, 0.25) is 0 Å². The largest absolute Gasteiger partial charge is 0.459 e. The average Bonchev–Trinajstić information content (AvgIpc) is 2.72. The van der Waals surface area contributed by atoms with Crippen LogP contribution in [0.1, 0.15) is 52.6 Å². The third-order valence-corrected chi connectivity index (χ3v) is 7.00. The minimum absolute atomic E-state index is 0.133. The smallest absolute Gasteiger partial charge is 0.338 e. The summed E-state index contributed by atoms with van der Waals surface area (Å²) in [5.74, 6) is 0.783. The van der Waals surface area contributed by atoms with E-state index in [9.17, 15) is 9.59 Å². The summed E-state index contributed by atoms with van der Waals surface area (Å²) < 4.78 is 5.55. The molecule has 1 amide bonds. The molecule has 0 saturated carbocycles. The van der Waals surface area contributed by atoms with E-state index in [1.807, 2.05) is 45.0 Å². The number of allylic oxidation sites excluding steroid dienone is 1. The first-order valence-electron chi connectivity index (χ1n) is 10.5. The molecule has 31 heavy (non-hydrogen) atoms. The molecule has 8 heteroatoms. The van der Waals surface area contributed by atoms with Gasteiger partial charge in [0.2, 0.25) is 5.91 Å². The number of nitrogens with one attached hydrogen (secondary N) is 1. The van der Waals surface area contributed by atoms with Crippen molar-refractivity contribution in [2.24, 2.45) is 10.4 Å². The van der Waals surface area contributed by atoms with Crippen LogP contribution in [-0.2, 0) is 14.3 Å². The molecule has 3 rings (SSSR count). The Morgan fingerprint density at radius 2 is 2.00 bits per heavy atom. The Bertz CT molecular complexity index is 909. The molecule has 1 fully saturated rings. The number of rotatable bonds is 6. The normalized spacial score (nSPS) is 19.1. The van der Waals surface area contributed by atoms with E-state index in [1.165, 1.54) is 0 Å². The van der Waals surface area contributed by atoms with Gasteiger partial charge < -0.3 is 15.0 Å². The van der Waals surface area contributed by atoms with Crippen molar-refractivity contribution >= 4 is 46.1 Å². The number of amidine groups is 1. The lowest BCUT2D eigenvalue weighted by Gasteiger charge is -2.40. The van der Waals surface area contributed by atoms with Crippen LogP contribution in [0.4, 0.5) is 5.69 Å². The lowest BCUT2D eigenvalue weighted by atomic mass is 9.93. The van der Waals surface area contributed by atoms with Gasteiger partial charge in [-0.25, -0.2) is 9.79 Å². The number of carbonyl (C=O) groups is 2. The second-order valence-corrected chi connectivity index (χ2v) is 10.1. The third-order valence-electron chi connectivity index (χ3n) is 5.25. The maximum atomic E-state index is 13.0. The highest BCUT2D eigenvalue weighted by Gasteiger charge is 2.38. The van der Waals surface area contributed by atoms with E-state index >= 15 is 0 Å². The molecule has 0 radical (unpaired) electrons. The Hall–Kier alpha value is -1.99. The van der Waals surface area contributed by atoms with Gasteiger partial charge in [0.05, 0.1) is 28.8 Å². The molecule has 168 valence electrons. The molecule has 1 unspecified atom stereocenters. The Labute approximate surface area is 193 Å². The van der Waals surface area contributed by atoms with E-state index in [4.69, 9.17) is 21.3 Å². The van der Waals surface area contributed by atoms with Crippen LogP contribution in [0.5, 0.6) is 0 Å². The van der Waals surface area contributed by atoms with Gasteiger partial charge in [-0.2, -0.15) is 0 Å². The van der Waals surface area contributed by atoms with E-state index < -0.39 is 5.41 Å². The molecule has 1 saturated heterocycles. The lowest BCUT2D eigenvalue weighted by Crippen LogP contribution is -2.42. The summed E-state index contributed by atoms with van der Waals surface area (Å²) in [5.41, 5.74) is 2.25. The second kappa shape index (κ2) is 9.65. The minimum atomic E-state index is -0.659. The van der Waals surface area contributed by atoms with Gasteiger partial charge in [0.25, 0.3) is 0 Å². The number of benzene rings is 1. The predicted octanol–water partition coefficient (Wildman–Crippen LogP) is 4.97. The van der Waals surface area contributed by atoms with Crippen LogP contribution in [-0.4, -0.2) is 46.2 Å². The number of nitrogens with zero attached hydrogens (tertiary/aromatic N) is 2. The lowest BCUT2D eigenvalue weighted by molar-refractivity contribution is -0.143. The number of esters is 1. The molecule has 2 aliphatic heterocycles. The monoisotopic (exact) mass is 463 g/mol. The van der Waals surface area contributed by atoms with Gasteiger partial charge in [0.1, 0.15) is 0 Å². The van der Waals surface area contributed by atoms with E-state index in [2.05, 4.69) is 10.2 Å². The van der Waals surface area contributed by atoms with Crippen molar-refractivity contribution in [3.8, 4) is 0 Å². The van der Waals surface area contributed by atoms with Gasteiger partial charge in [-0.15, -0.1) is 11.6 Å². The van der Waals surface area contributed by atoms with E-state index in [0.717, 1.165) is 29.4 Å². The van der Waals surface area contributed by atoms with Crippen LogP contribution in [0, 0.1) is 5.41 Å². The highest BCUT2D eigenvalue weighted by molar-refractivity contribution is 8.13. The fourth-order valence-electron chi connectivity index (χ4n) is 3.46. The Kier molecular flexibility index (Phi) is 7.37. The van der Waals surface area contributed by atoms with Crippen molar-refractivity contribution in [2.45, 2.75) is 53.2 Å². The second-order valence-electron chi connectivity index (χ2n) is 8.74. The van der Waals surface area contributed by atoms with Crippen molar-refractivity contribution in [1.29, 1.82) is 0 Å². The number of hydrogen-bond donors (Lipinski definition) is 1. The van der Waals surface area contributed by atoms with Crippen LogP contribution < -0.4 is 5.32 Å². The number of aliphatic imine (C=N–C) groups is 1. The molecule has 0 aromatic heterocycles. The average molecular weight is 464 g/mol. The Morgan fingerprint density at radius 1 is 1.32 bits per heavy atom.